The van der Waals surface area contributed by atoms with Gasteiger partial charge in [-0.1, -0.05) is 39.0 Å². The Kier molecular flexibility index (Phi) is 6.08. The van der Waals surface area contributed by atoms with E-state index in [-0.39, 0.29) is 11.3 Å². The van der Waals surface area contributed by atoms with Gasteiger partial charge in [0.2, 0.25) is 5.91 Å². The maximum absolute atomic E-state index is 11.9. The van der Waals surface area contributed by atoms with Crippen molar-refractivity contribution >= 4 is 34.4 Å². The summed E-state index contributed by atoms with van der Waals surface area (Å²) in [7, 11) is 0. The standard InChI is InChI=1S/C15H22N2O3S/c1-10(8-15(2,3)4)7-12(18)17-14-16-9-11(21-14)5-6-13(19)20/h5-6,9-10H,7-8H2,1-4H3,(H,19,20)(H,16,17,18). The fourth-order valence-corrected chi connectivity index (χ4v) is 2.91. The van der Waals surface area contributed by atoms with Gasteiger partial charge in [0.1, 0.15) is 0 Å². The number of carbonyl (C=O) groups excluding carboxylic acids is 1. The molecule has 0 aliphatic carbocycles. The fourth-order valence-electron chi connectivity index (χ4n) is 2.18. The lowest BCUT2D eigenvalue weighted by Crippen LogP contribution is -2.18. The van der Waals surface area contributed by atoms with Gasteiger partial charge in [0, 0.05) is 23.6 Å². The van der Waals surface area contributed by atoms with Crippen molar-refractivity contribution in [3.05, 3.63) is 17.2 Å². The quantitative estimate of drug-likeness (QED) is 0.786. The summed E-state index contributed by atoms with van der Waals surface area (Å²) < 4.78 is 0. The van der Waals surface area contributed by atoms with Gasteiger partial charge in [0.15, 0.2) is 5.13 Å². The molecular formula is C15H22N2O3S. The first-order valence-corrected chi connectivity index (χ1v) is 7.64. The summed E-state index contributed by atoms with van der Waals surface area (Å²) in [5, 5.41) is 11.8. The molecule has 0 saturated heterocycles. The summed E-state index contributed by atoms with van der Waals surface area (Å²) in [6.07, 6.45) is 5.47. The number of hydrogen-bond donors (Lipinski definition) is 2. The molecule has 1 heterocycles. The highest BCUT2D eigenvalue weighted by atomic mass is 32.1. The highest BCUT2D eigenvalue weighted by molar-refractivity contribution is 7.16. The van der Waals surface area contributed by atoms with Crippen LogP contribution in [0.4, 0.5) is 5.13 Å². The number of carboxylic acid groups (broad SMARTS) is 1. The summed E-state index contributed by atoms with van der Waals surface area (Å²) in [6, 6.07) is 0. The number of carboxylic acids is 1. The molecule has 1 amide bonds. The third-order valence-corrected chi connectivity index (χ3v) is 3.53. The molecule has 0 aliphatic rings. The largest absolute Gasteiger partial charge is 0.478 e. The third kappa shape index (κ3) is 7.60. The van der Waals surface area contributed by atoms with E-state index in [1.165, 1.54) is 23.6 Å². The minimum atomic E-state index is -1.01. The SMILES string of the molecule is CC(CC(=O)Nc1ncc(C=CC(=O)O)s1)CC(C)(C)C. The Morgan fingerprint density at radius 2 is 2.14 bits per heavy atom. The lowest BCUT2D eigenvalue weighted by molar-refractivity contribution is -0.131. The number of aliphatic carboxylic acids is 1. The second-order valence-corrected chi connectivity index (χ2v) is 7.42. The first-order chi connectivity index (χ1) is 9.65. The number of thiazole rings is 1. The van der Waals surface area contributed by atoms with Crippen LogP contribution in [0.2, 0.25) is 0 Å². The molecule has 0 aromatic carbocycles. The van der Waals surface area contributed by atoms with Crippen LogP contribution in [-0.2, 0) is 9.59 Å². The highest BCUT2D eigenvalue weighted by Gasteiger charge is 2.18. The molecule has 0 bridgehead atoms. The lowest BCUT2D eigenvalue weighted by atomic mass is 9.84. The van der Waals surface area contributed by atoms with E-state index in [1.807, 2.05) is 0 Å². The van der Waals surface area contributed by atoms with Gasteiger partial charge in [-0.3, -0.25) is 4.79 Å². The van der Waals surface area contributed by atoms with Gasteiger partial charge in [-0.15, -0.1) is 0 Å². The van der Waals surface area contributed by atoms with Crippen LogP contribution in [0, 0.1) is 11.3 Å². The Hall–Kier alpha value is -1.69. The van der Waals surface area contributed by atoms with Crippen molar-refractivity contribution in [2.24, 2.45) is 11.3 Å². The molecule has 6 heteroatoms. The van der Waals surface area contributed by atoms with Crippen LogP contribution in [0.25, 0.3) is 6.08 Å². The number of rotatable bonds is 6. The molecule has 2 N–H and O–H groups in total. The molecule has 1 rings (SSSR count). The number of aromatic nitrogens is 1. The topological polar surface area (TPSA) is 79.3 Å². The Morgan fingerprint density at radius 3 is 2.71 bits per heavy atom. The van der Waals surface area contributed by atoms with Gasteiger partial charge in [-0.05, 0) is 23.8 Å². The number of carbonyl (C=O) groups is 2. The second-order valence-electron chi connectivity index (χ2n) is 6.36. The van der Waals surface area contributed by atoms with Crippen molar-refractivity contribution < 1.29 is 14.7 Å². The molecule has 0 spiro atoms. The molecule has 1 aromatic heterocycles. The minimum Gasteiger partial charge on any atom is -0.478 e. The van der Waals surface area contributed by atoms with E-state index in [0.29, 0.717) is 22.3 Å². The normalized spacial score (nSPS) is 13.3. The Balaban J connectivity index is 2.50. The van der Waals surface area contributed by atoms with Crippen LogP contribution in [-0.4, -0.2) is 22.0 Å². The summed E-state index contributed by atoms with van der Waals surface area (Å²) in [4.78, 5) is 27.1. The number of nitrogens with one attached hydrogen (secondary N) is 1. The van der Waals surface area contributed by atoms with Crippen molar-refractivity contribution in [1.29, 1.82) is 0 Å². The molecule has 0 saturated carbocycles. The Labute approximate surface area is 129 Å². The minimum absolute atomic E-state index is 0.0603. The molecule has 1 atom stereocenters. The maximum atomic E-state index is 11.9. The van der Waals surface area contributed by atoms with Crippen molar-refractivity contribution in [2.45, 2.75) is 40.5 Å². The van der Waals surface area contributed by atoms with Crippen LogP contribution in [0.15, 0.2) is 12.3 Å². The van der Waals surface area contributed by atoms with Crippen LogP contribution in [0.3, 0.4) is 0 Å². The van der Waals surface area contributed by atoms with Crippen LogP contribution < -0.4 is 5.32 Å². The molecule has 116 valence electrons. The van der Waals surface area contributed by atoms with E-state index >= 15 is 0 Å². The monoisotopic (exact) mass is 310 g/mol. The highest BCUT2D eigenvalue weighted by Crippen LogP contribution is 2.26. The summed E-state index contributed by atoms with van der Waals surface area (Å²) in [5.41, 5.74) is 0.204. The van der Waals surface area contributed by atoms with E-state index in [1.54, 1.807) is 0 Å². The third-order valence-electron chi connectivity index (χ3n) is 2.65. The summed E-state index contributed by atoms with van der Waals surface area (Å²) >= 11 is 1.25. The van der Waals surface area contributed by atoms with Crippen LogP contribution in [0.5, 0.6) is 0 Å². The van der Waals surface area contributed by atoms with Gasteiger partial charge in [-0.2, -0.15) is 0 Å². The number of hydrogen-bond acceptors (Lipinski definition) is 4. The van der Waals surface area contributed by atoms with Crippen LogP contribution in [0.1, 0.15) is 45.4 Å². The molecule has 1 unspecified atom stereocenters. The zero-order valence-corrected chi connectivity index (χ0v) is 13.7. The zero-order valence-electron chi connectivity index (χ0n) is 12.8. The summed E-state index contributed by atoms with van der Waals surface area (Å²) in [5.74, 6) is -0.767. The number of anilines is 1. The molecular weight excluding hydrogens is 288 g/mol. The van der Waals surface area contributed by atoms with Crippen molar-refractivity contribution in [3.8, 4) is 0 Å². The van der Waals surface area contributed by atoms with E-state index in [2.05, 4.69) is 38.0 Å². The van der Waals surface area contributed by atoms with E-state index in [9.17, 15) is 9.59 Å². The first kappa shape index (κ1) is 17.4. The van der Waals surface area contributed by atoms with Gasteiger partial charge >= 0.3 is 5.97 Å². The fraction of sp³-hybridized carbons (Fsp3) is 0.533. The molecule has 0 radical (unpaired) electrons. The number of nitrogens with zero attached hydrogens (tertiary/aromatic N) is 1. The second kappa shape index (κ2) is 7.36. The zero-order chi connectivity index (χ0) is 16.0. The van der Waals surface area contributed by atoms with Gasteiger partial charge in [-0.25, -0.2) is 9.78 Å². The lowest BCUT2D eigenvalue weighted by Gasteiger charge is -2.22. The summed E-state index contributed by atoms with van der Waals surface area (Å²) in [6.45, 7) is 8.53. The van der Waals surface area contributed by atoms with E-state index in [4.69, 9.17) is 5.11 Å². The average Bonchev–Trinajstić information content (AvgIpc) is 2.70. The molecule has 5 nitrogen and oxygen atoms in total. The Bertz CT molecular complexity index is 529. The maximum Gasteiger partial charge on any atom is 0.328 e. The molecule has 0 aliphatic heterocycles. The van der Waals surface area contributed by atoms with Gasteiger partial charge in [0.05, 0.1) is 0 Å². The first-order valence-electron chi connectivity index (χ1n) is 6.82. The van der Waals surface area contributed by atoms with E-state index < -0.39 is 5.97 Å². The predicted octanol–water partition coefficient (Wildman–Crippen LogP) is 3.64. The average molecular weight is 310 g/mol. The van der Waals surface area contributed by atoms with Crippen molar-refractivity contribution in [1.82, 2.24) is 4.98 Å². The molecule has 1 aromatic rings. The smallest absolute Gasteiger partial charge is 0.328 e. The predicted molar refractivity (Wildman–Crippen MR) is 85.3 cm³/mol. The van der Waals surface area contributed by atoms with Crippen molar-refractivity contribution in [3.63, 3.8) is 0 Å². The molecule has 21 heavy (non-hydrogen) atoms. The Morgan fingerprint density at radius 1 is 1.48 bits per heavy atom. The van der Waals surface area contributed by atoms with Crippen LogP contribution >= 0.6 is 11.3 Å². The van der Waals surface area contributed by atoms with Gasteiger partial charge < -0.3 is 10.4 Å². The number of amides is 1. The van der Waals surface area contributed by atoms with E-state index in [0.717, 1.165) is 12.5 Å². The van der Waals surface area contributed by atoms with Crippen molar-refractivity contribution in [2.75, 3.05) is 5.32 Å². The molecule has 0 fully saturated rings. The van der Waals surface area contributed by atoms with Gasteiger partial charge in [0.25, 0.3) is 0 Å².